The van der Waals surface area contributed by atoms with Gasteiger partial charge in [0.1, 0.15) is 5.75 Å². The molecule has 1 aromatic rings. The van der Waals surface area contributed by atoms with Gasteiger partial charge in [0.15, 0.2) is 6.10 Å². The highest BCUT2D eigenvalue weighted by Gasteiger charge is 2.28. The molecule has 2 rings (SSSR count). The fourth-order valence-electron chi connectivity index (χ4n) is 1.68. The van der Waals surface area contributed by atoms with Crippen LogP contribution in [0.2, 0.25) is 0 Å². The molecule has 1 aliphatic heterocycles. The third kappa shape index (κ3) is 2.57. The molecular weight excluding hydrogens is 228 g/mol. The van der Waals surface area contributed by atoms with Crippen LogP contribution in [0.5, 0.6) is 5.75 Å². The molecule has 1 atom stereocenters. The molecule has 2 N–H and O–H groups in total. The van der Waals surface area contributed by atoms with Gasteiger partial charge in [0.25, 0.3) is 5.91 Å². The van der Waals surface area contributed by atoms with E-state index in [0.29, 0.717) is 12.3 Å². The smallest absolute Gasteiger partial charge is 0.264 e. The average Bonchev–Trinajstić information content (AvgIpc) is 2.37. The lowest BCUT2D eigenvalue weighted by Crippen LogP contribution is -2.51. The van der Waals surface area contributed by atoms with Crippen LogP contribution in [0, 0.1) is 12.3 Å². The van der Waals surface area contributed by atoms with Crippen molar-refractivity contribution in [2.45, 2.75) is 25.5 Å². The van der Waals surface area contributed by atoms with Crippen LogP contribution >= 0.6 is 0 Å². The number of para-hydroxylation sites is 2. The van der Waals surface area contributed by atoms with Gasteiger partial charge in [0.2, 0.25) is 0 Å². The second-order valence-electron chi connectivity index (χ2n) is 4.74. The van der Waals surface area contributed by atoms with Crippen molar-refractivity contribution in [3.8, 4) is 18.1 Å². The Bertz CT molecular complexity index is 503. The molecular formula is C14H16N2O2. The Morgan fingerprint density at radius 3 is 3.00 bits per heavy atom. The Hall–Kier alpha value is -2.15. The van der Waals surface area contributed by atoms with Gasteiger partial charge >= 0.3 is 0 Å². The fraction of sp³-hybridized carbons (Fsp3) is 0.357. The largest absolute Gasteiger partial charge is 0.477 e. The monoisotopic (exact) mass is 244 g/mol. The molecule has 0 saturated carbocycles. The lowest BCUT2D eigenvalue weighted by Gasteiger charge is -2.29. The van der Waals surface area contributed by atoms with Crippen LogP contribution in [-0.2, 0) is 4.79 Å². The lowest BCUT2D eigenvalue weighted by atomic mass is 10.1. The van der Waals surface area contributed by atoms with Crippen LogP contribution in [0.1, 0.15) is 13.8 Å². The maximum absolute atomic E-state index is 12.0. The Balaban J connectivity index is 2.06. The molecule has 1 unspecified atom stereocenters. The standard InChI is InChI=1S/C14H16N2O2/c1-4-14(2,3)16-13(17)12-9-15-10-7-5-6-8-11(10)18-12/h1,5-8,12,15H,9H2,2-3H3,(H,16,17). The number of hydrogen-bond donors (Lipinski definition) is 2. The summed E-state index contributed by atoms with van der Waals surface area (Å²) >= 11 is 0. The minimum absolute atomic E-state index is 0.208. The van der Waals surface area contributed by atoms with Crippen molar-refractivity contribution >= 4 is 11.6 Å². The molecule has 4 nitrogen and oxygen atoms in total. The average molecular weight is 244 g/mol. The van der Waals surface area contributed by atoms with Gasteiger partial charge < -0.3 is 15.4 Å². The molecule has 0 radical (unpaired) electrons. The Kier molecular flexibility index (Phi) is 3.15. The zero-order valence-electron chi connectivity index (χ0n) is 10.5. The number of anilines is 1. The number of amides is 1. The van der Waals surface area contributed by atoms with Crippen molar-refractivity contribution in [1.82, 2.24) is 5.32 Å². The predicted octanol–water partition coefficient (Wildman–Crippen LogP) is 1.39. The van der Waals surface area contributed by atoms with Crippen molar-refractivity contribution < 1.29 is 9.53 Å². The maximum Gasteiger partial charge on any atom is 0.264 e. The van der Waals surface area contributed by atoms with E-state index in [9.17, 15) is 4.79 Å². The number of terminal acetylenes is 1. The number of ether oxygens (including phenoxy) is 1. The van der Waals surface area contributed by atoms with E-state index in [4.69, 9.17) is 11.2 Å². The Labute approximate surface area is 107 Å². The molecule has 4 heteroatoms. The minimum atomic E-state index is -0.669. The zero-order valence-corrected chi connectivity index (χ0v) is 10.5. The van der Waals surface area contributed by atoms with Gasteiger partial charge in [0.05, 0.1) is 17.8 Å². The van der Waals surface area contributed by atoms with E-state index in [1.807, 2.05) is 24.3 Å². The maximum atomic E-state index is 12.0. The van der Waals surface area contributed by atoms with Crippen LogP contribution in [0.4, 0.5) is 5.69 Å². The zero-order chi connectivity index (χ0) is 13.2. The first-order chi connectivity index (χ1) is 8.52. The van der Waals surface area contributed by atoms with Crippen LogP contribution in [0.3, 0.4) is 0 Å². The SMILES string of the molecule is C#CC(C)(C)NC(=O)C1CNc2ccccc2O1. The molecule has 0 aromatic heterocycles. The van der Waals surface area contributed by atoms with Crippen molar-refractivity contribution in [2.24, 2.45) is 0 Å². The van der Waals surface area contributed by atoms with Gasteiger partial charge in [-0.1, -0.05) is 18.1 Å². The Morgan fingerprint density at radius 2 is 2.28 bits per heavy atom. The second kappa shape index (κ2) is 4.61. The quantitative estimate of drug-likeness (QED) is 0.773. The van der Waals surface area contributed by atoms with Crippen LogP contribution < -0.4 is 15.4 Å². The summed E-state index contributed by atoms with van der Waals surface area (Å²) in [4.78, 5) is 12.0. The number of nitrogens with one attached hydrogen (secondary N) is 2. The topological polar surface area (TPSA) is 50.4 Å². The van der Waals surface area contributed by atoms with Gasteiger partial charge in [-0.2, -0.15) is 0 Å². The molecule has 1 heterocycles. The number of benzene rings is 1. The van der Waals surface area contributed by atoms with Crippen molar-refractivity contribution in [1.29, 1.82) is 0 Å². The van der Waals surface area contributed by atoms with E-state index in [2.05, 4.69) is 16.6 Å². The summed E-state index contributed by atoms with van der Waals surface area (Å²) in [6.45, 7) is 3.98. The molecule has 1 aromatic carbocycles. The van der Waals surface area contributed by atoms with Gasteiger partial charge in [-0.05, 0) is 26.0 Å². The van der Waals surface area contributed by atoms with Gasteiger partial charge in [0, 0.05) is 0 Å². The number of carbonyl (C=O) groups excluding carboxylic acids is 1. The predicted molar refractivity (Wildman–Crippen MR) is 70.4 cm³/mol. The van der Waals surface area contributed by atoms with Gasteiger partial charge in [-0.3, -0.25) is 4.79 Å². The van der Waals surface area contributed by atoms with Crippen molar-refractivity contribution in [3.63, 3.8) is 0 Å². The number of rotatable bonds is 2. The van der Waals surface area contributed by atoms with Crippen LogP contribution in [-0.4, -0.2) is 24.1 Å². The first kappa shape index (κ1) is 12.3. The van der Waals surface area contributed by atoms with E-state index in [0.717, 1.165) is 5.69 Å². The molecule has 1 amide bonds. The molecule has 18 heavy (non-hydrogen) atoms. The third-order valence-electron chi connectivity index (χ3n) is 2.72. The van der Waals surface area contributed by atoms with Gasteiger partial charge in [-0.15, -0.1) is 6.42 Å². The van der Waals surface area contributed by atoms with E-state index < -0.39 is 11.6 Å². The Morgan fingerprint density at radius 1 is 1.56 bits per heavy atom. The summed E-state index contributed by atoms with van der Waals surface area (Å²) in [5, 5.41) is 5.93. The normalized spacial score (nSPS) is 17.7. The number of fused-ring (bicyclic) bond motifs is 1. The fourth-order valence-corrected chi connectivity index (χ4v) is 1.68. The molecule has 0 fully saturated rings. The highest BCUT2D eigenvalue weighted by molar-refractivity contribution is 5.84. The van der Waals surface area contributed by atoms with Crippen molar-refractivity contribution in [3.05, 3.63) is 24.3 Å². The minimum Gasteiger partial charge on any atom is -0.477 e. The van der Waals surface area contributed by atoms with E-state index in [1.54, 1.807) is 13.8 Å². The summed E-state index contributed by atoms with van der Waals surface area (Å²) in [6.07, 6.45) is 4.78. The number of hydrogen-bond acceptors (Lipinski definition) is 3. The summed E-state index contributed by atoms with van der Waals surface area (Å²) in [7, 11) is 0. The number of carbonyl (C=O) groups is 1. The van der Waals surface area contributed by atoms with Crippen LogP contribution in [0.25, 0.3) is 0 Å². The van der Waals surface area contributed by atoms with E-state index in [1.165, 1.54) is 0 Å². The molecule has 0 bridgehead atoms. The molecule has 0 aliphatic carbocycles. The van der Waals surface area contributed by atoms with E-state index >= 15 is 0 Å². The summed E-state index contributed by atoms with van der Waals surface area (Å²) in [6, 6.07) is 7.52. The first-order valence-electron chi connectivity index (χ1n) is 5.81. The molecule has 0 saturated heterocycles. The van der Waals surface area contributed by atoms with E-state index in [-0.39, 0.29) is 5.91 Å². The van der Waals surface area contributed by atoms with Crippen molar-refractivity contribution in [2.75, 3.05) is 11.9 Å². The first-order valence-corrected chi connectivity index (χ1v) is 5.81. The molecule has 94 valence electrons. The van der Waals surface area contributed by atoms with Crippen LogP contribution in [0.15, 0.2) is 24.3 Å². The second-order valence-corrected chi connectivity index (χ2v) is 4.74. The highest BCUT2D eigenvalue weighted by Crippen LogP contribution is 2.28. The third-order valence-corrected chi connectivity index (χ3v) is 2.72. The molecule has 1 aliphatic rings. The summed E-state index contributed by atoms with van der Waals surface area (Å²) in [5.74, 6) is 3.00. The lowest BCUT2D eigenvalue weighted by molar-refractivity contribution is -0.128. The molecule has 0 spiro atoms. The summed E-state index contributed by atoms with van der Waals surface area (Å²) in [5.41, 5.74) is 0.231. The highest BCUT2D eigenvalue weighted by atomic mass is 16.5. The van der Waals surface area contributed by atoms with Gasteiger partial charge in [-0.25, -0.2) is 0 Å². The summed E-state index contributed by atoms with van der Waals surface area (Å²) < 4.78 is 5.64.